The number of hydrogen-bond donors (Lipinski definition) is 2. The van der Waals surface area contributed by atoms with Gasteiger partial charge in [-0.25, -0.2) is 0 Å². The molecular formula is C20H24N2. The van der Waals surface area contributed by atoms with Gasteiger partial charge >= 0.3 is 0 Å². The van der Waals surface area contributed by atoms with Crippen LogP contribution in [0.5, 0.6) is 0 Å². The monoisotopic (exact) mass is 292 g/mol. The number of benzene rings is 2. The quantitative estimate of drug-likeness (QED) is 0.720. The zero-order valence-electron chi connectivity index (χ0n) is 13.6. The number of aryl methyl sites for hydroxylation is 1. The van der Waals surface area contributed by atoms with Crippen LogP contribution in [-0.4, -0.2) is 11.5 Å². The summed E-state index contributed by atoms with van der Waals surface area (Å²) in [6, 6.07) is 13.2. The lowest BCUT2D eigenvalue weighted by atomic mass is 9.98. The molecule has 1 aliphatic carbocycles. The summed E-state index contributed by atoms with van der Waals surface area (Å²) in [4.78, 5) is 3.66. The van der Waals surface area contributed by atoms with Gasteiger partial charge in [-0.2, -0.15) is 0 Å². The lowest BCUT2D eigenvalue weighted by Crippen LogP contribution is -2.02. The van der Waals surface area contributed by atoms with Crippen molar-refractivity contribution in [1.82, 2.24) is 4.98 Å². The molecule has 0 aliphatic heterocycles. The van der Waals surface area contributed by atoms with Crippen molar-refractivity contribution in [2.45, 2.75) is 33.1 Å². The molecule has 4 rings (SSSR count). The van der Waals surface area contributed by atoms with E-state index in [2.05, 4.69) is 62.2 Å². The van der Waals surface area contributed by atoms with Crippen molar-refractivity contribution in [3.05, 3.63) is 47.7 Å². The number of nitrogens with two attached hydrogens (primary N) is 1. The summed E-state index contributed by atoms with van der Waals surface area (Å²) in [5.41, 5.74) is 10.3. The number of H-pyrrole nitrogens is 1. The summed E-state index contributed by atoms with van der Waals surface area (Å²) in [6.07, 6.45) is 1.12. The highest BCUT2D eigenvalue weighted by Crippen LogP contribution is 2.67. The van der Waals surface area contributed by atoms with Crippen molar-refractivity contribution in [1.29, 1.82) is 0 Å². The summed E-state index contributed by atoms with van der Waals surface area (Å²) >= 11 is 0. The van der Waals surface area contributed by atoms with Crippen LogP contribution in [0, 0.1) is 18.3 Å². The molecule has 0 bridgehead atoms. The van der Waals surface area contributed by atoms with Gasteiger partial charge < -0.3 is 10.7 Å². The maximum Gasteiger partial charge on any atom is 0.0538 e. The molecular weight excluding hydrogens is 268 g/mol. The Morgan fingerprint density at radius 1 is 1.09 bits per heavy atom. The van der Waals surface area contributed by atoms with E-state index in [-0.39, 0.29) is 0 Å². The second-order valence-electron chi connectivity index (χ2n) is 7.36. The number of nitrogens with one attached hydrogen (secondary N) is 1. The SMILES string of the molecule is Cc1[nH]c2c(ccc3ccccc32)c1[C@H]1[C@@H](CCN)C1(C)C. The second-order valence-corrected chi connectivity index (χ2v) is 7.36. The first-order valence-corrected chi connectivity index (χ1v) is 8.25. The Hall–Kier alpha value is -1.80. The van der Waals surface area contributed by atoms with E-state index < -0.39 is 0 Å². The lowest BCUT2D eigenvalue weighted by Gasteiger charge is -2.04. The smallest absolute Gasteiger partial charge is 0.0538 e. The number of aromatic amines is 1. The fourth-order valence-electron chi connectivity index (χ4n) is 4.52. The van der Waals surface area contributed by atoms with E-state index >= 15 is 0 Å². The van der Waals surface area contributed by atoms with Crippen molar-refractivity contribution in [2.24, 2.45) is 17.1 Å². The van der Waals surface area contributed by atoms with E-state index in [4.69, 9.17) is 5.73 Å². The first-order valence-electron chi connectivity index (χ1n) is 8.25. The Morgan fingerprint density at radius 3 is 2.64 bits per heavy atom. The Balaban J connectivity index is 1.93. The van der Waals surface area contributed by atoms with Gasteiger partial charge in [0, 0.05) is 16.5 Å². The molecule has 0 radical (unpaired) electrons. The van der Waals surface area contributed by atoms with Gasteiger partial charge in [0.1, 0.15) is 0 Å². The maximum atomic E-state index is 5.82. The van der Waals surface area contributed by atoms with Crippen molar-refractivity contribution in [3.63, 3.8) is 0 Å². The van der Waals surface area contributed by atoms with Crippen LogP contribution in [0.1, 0.15) is 37.4 Å². The molecule has 2 aromatic carbocycles. The van der Waals surface area contributed by atoms with Crippen LogP contribution in [0.3, 0.4) is 0 Å². The van der Waals surface area contributed by atoms with Crippen LogP contribution >= 0.6 is 0 Å². The Bertz CT molecular complexity index is 857. The van der Waals surface area contributed by atoms with Gasteiger partial charge in [0.2, 0.25) is 0 Å². The second kappa shape index (κ2) is 4.60. The van der Waals surface area contributed by atoms with E-state index in [9.17, 15) is 0 Å². The molecule has 3 N–H and O–H groups in total. The van der Waals surface area contributed by atoms with E-state index in [1.807, 2.05) is 0 Å². The van der Waals surface area contributed by atoms with E-state index in [1.165, 1.54) is 32.9 Å². The molecule has 1 saturated carbocycles. The molecule has 3 aromatic rings. The molecule has 1 aromatic heterocycles. The molecule has 114 valence electrons. The Morgan fingerprint density at radius 2 is 1.86 bits per heavy atom. The fourth-order valence-corrected chi connectivity index (χ4v) is 4.52. The van der Waals surface area contributed by atoms with Crippen LogP contribution in [-0.2, 0) is 0 Å². The van der Waals surface area contributed by atoms with Crippen molar-refractivity contribution >= 4 is 21.7 Å². The molecule has 0 amide bonds. The van der Waals surface area contributed by atoms with Gasteiger partial charge in [0.05, 0.1) is 5.52 Å². The summed E-state index contributed by atoms with van der Waals surface area (Å²) < 4.78 is 0. The van der Waals surface area contributed by atoms with Crippen LogP contribution < -0.4 is 5.73 Å². The summed E-state index contributed by atoms with van der Waals surface area (Å²) in [5, 5.41) is 4.02. The predicted octanol–water partition coefficient (Wildman–Crippen LogP) is 4.72. The molecule has 2 nitrogen and oxygen atoms in total. The zero-order chi connectivity index (χ0) is 15.5. The molecule has 0 spiro atoms. The topological polar surface area (TPSA) is 41.8 Å². The Kier molecular flexibility index (Phi) is 2.89. The first kappa shape index (κ1) is 13.8. The van der Waals surface area contributed by atoms with Crippen molar-refractivity contribution < 1.29 is 0 Å². The normalized spacial score (nSPS) is 23.3. The maximum absolute atomic E-state index is 5.82. The molecule has 1 fully saturated rings. The molecule has 0 saturated heterocycles. The fraction of sp³-hybridized carbons (Fsp3) is 0.400. The minimum absolute atomic E-state index is 0.366. The highest BCUT2D eigenvalue weighted by Gasteiger charge is 2.58. The number of aromatic nitrogens is 1. The lowest BCUT2D eigenvalue weighted by molar-refractivity contribution is 0.534. The summed E-state index contributed by atoms with van der Waals surface area (Å²) in [7, 11) is 0. The third kappa shape index (κ3) is 1.77. The first-order chi connectivity index (χ1) is 10.6. The summed E-state index contributed by atoms with van der Waals surface area (Å²) in [5.74, 6) is 1.34. The third-order valence-corrected chi connectivity index (χ3v) is 5.77. The summed E-state index contributed by atoms with van der Waals surface area (Å²) in [6.45, 7) is 7.78. The van der Waals surface area contributed by atoms with Crippen LogP contribution in [0.2, 0.25) is 0 Å². The van der Waals surface area contributed by atoms with Crippen molar-refractivity contribution in [3.8, 4) is 0 Å². The molecule has 1 heterocycles. The van der Waals surface area contributed by atoms with Gasteiger partial charge in [-0.1, -0.05) is 50.2 Å². The third-order valence-electron chi connectivity index (χ3n) is 5.77. The van der Waals surface area contributed by atoms with Gasteiger partial charge in [0.25, 0.3) is 0 Å². The molecule has 22 heavy (non-hydrogen) atoms. The number of fused-ring (bicyclic) bond motifs is 3. The van der Waals surface area contributed by atoms with E-state index in [0.29, 0.717) is 17.3 Å². The van der Waals surface area contributed by atoms with Crippen LogP contribution in [0.25, 0.3) is 21.7 Å². The Labute approximate surface area is 131 Å². The number of hydrogen-bond acceptors (Lipinski definition) is 1. The van der Waals surface area contributed by atoms with E-state index in [0.717, 1.165) is 13.0 Å². The van der Waals surface area contributed by atoms with Gasteiger partial charge in [0.15, 0.2) is 0 Å². The highest BCUT2D eigenvalue weighted by molar-refractivity contribution is 6.07. The van der Waals surface area contributed by atoms with Gasteiger partial charge in [-0.15, -0.1) is 0 Å². The molecule has 2 atom stereocenters. The average molecular weight is 292 g/mol. The van der Waals surface area contributed by atoms with Crippen LogP contribution in [0.15, 0.2) is 36.4 Å². The standard InChI is InChI=1S/C20H24N2/c1-12-17(18-16(10-11-21)20(18,2)3)15-9-8-13-6-4-5-7-14(13)19(15)22-12/h4-9,16,18,22H,10-11,21H2,1-3H3/t16-,18-/m1/s1. The molecule has 0 unspecified atom stereocenters. The highest BCUT2D eigenvalue weighted by atomic mass is 14.7. The minimum atomic E-state index is 0.366. The molecule has 2 heteroatoms. The number of rotatable bonds is 3. The molecule has 1 aliphatic rings. The van der Waals surface area contributed by atoms with Gasteiger partial charge in [-0.05, 0) is 48.1 Å². The predicted molar refractivity (Wildman–Crippen MR) is 94.2 cm³/mol. The largest absolute Gasteiger partial charge is 0.358 e. The van der Waals surface area contributed by atoms with Crippen LogP contribution in [0.4, 0.5) is 0 Å². The van der Waals surface area contributed by atoms with Crippen molar-refractivity contribution in [2.75, 3.05) is 6.54 Å². The van der Waals surface area contributed by atoms with Gasteiger partial charge in [-0.3, -0.25) is 0 Å². The van der Waals surface area contributed by atoms with E-state index in [1.54, 1.807) is 0 Å². The zero-order valence-corrected chi connectivity index (χ0v) is 13.6. The average Bonchev–Trinajstić information content (AvgIpc) is 2.87. The minimum Gasteiger partial charge on any atom is -0.358 e.